The number of H-pyrrole nitrogens is 1. The molecule has 1 atom stereocenters. The third-order valence-corrected chi connectivity index (χ3v) is 6.76. The second-order valence-corrected chi connectivity index (χ2v) is 9.36. The third kappa shape index (κ3) is 4.40. The van der Waals surface area contributed by atoms with Crippen molar-refractivity contribution in [1.29, 1.82) is 0 Å². The molecule has 0 saturated carbocycles. The number of nitrogens with zero attached hydrogens (tertiary/aromatic N) is 1. The number of aromatic amines is 1. The molecule has 158 valence electrons. The summed E-state index contributed by atoms with van der Waals surface area (Å²) in [7, 11) is -2.64. The first-order valence-electron chi connectivity index (χ1n) is 9.14. The molecule has 0 radical (unpaired) electrons. The average Bonchev–Trinajstić information content (AvgIpc) is 3.03. The zero-order valence-electron chi connectivity index (χ0n) is 16.7. The Kier molecular flexibility index (Phi) is 6.30. The van der Waals surface area contributed by atoms with Crippen molar-refractivity contribution in [2.24, 2.45) is 0 Å². The Morgan fingerprint density at radius 2 is 1.77 bits per heavy atom. The number of Topliss-reactive ketones (excluding diaryl/α,β-unsaturated/α-hetero) is 1. The first-order valence-corrected chi connectivity index (χ1v) is 11.0. The summed E-state index contributed by atoms with van der Waals surface area (Å²) in [6.07, 6.45) is -1.07. The number of ether oxygens (including phenoxy) is 1. The van der Waals surface area contributed by atoms with Crippen molar-refractivity contribution < 1.29 is 22.7 Å². The SMILES string of the molecule is Cc1[nH]c2ccccc2c1C(=O)C(C)OC(=O)CN(C)S(=O)(=O)c1ccc(Cl)cc1. The van der Waals surface area contributed by atoms with Crippen LogP contribution in [-0.4, -0.2) is 49.2 Å². The van der Waals surface area contributed by atoms with Gasteiger partial charge in [-0.25, -0.2) is 8.42 Å². The number of hydrogen-bond donors (Lipinski definition) is 1. The van der Waals surface area contributed by atoms with Crippen molar-refractivity contribution in [3.63, 3.8) is 0 Å². The Morgan fingerprint density at radius 3 is 2.43 bits per heavy atom. The molecule has 7 nitrogen and oxygen atoms in total. The van der Waals surface area contributed by atoms with Crippen LogP contribution in [0.1, 0.15) is 23.0 Å². The van der Waals surface area contributed by atoms with E-state index in [4.69, 9.17) is 16.3 Å². The molecule has 1 unspecified atom stereocenters. The normalized spacial score (nSPS) is 12.8. The maximum absolute atomic E-state index is 12.9. The fourth-order valence-electron chi connectivity index (χ4n) is 3.14. The van der Waals surface area contributed by atoms with E-state index < -0.39 is 28.6 Å². The number of likely N-dealkylation sites (N-methyl/N-ethyl adjacent to an activating group) is 1. The van der Waals surface area contributed by atoms with Gasteiger partial charge in [-0.15, -0.1) is 0 Å². The molecule has 0 aliphatic carbocycles. The summed E-state index contributed by atoms with van der Waals surface area (Å²) in [6, 6.07) is 12.9. The molecule has 1 N–H and O–H groups in total. The lowest BCUT2D eigenvalue weighted by Crippen LogP contribution is -2.35. The van der Waals surface area contributed by atoms with Crippen molar-refractivity contribution in [3.8, 4) is 0 Å². The molecule has 0 fully saturated rings. The molecule has 3 aromatic rings. The highest BCUT2D eigenvalue weighted by Crippen LogP contribution is 2.24. The number of fused-ring (bicyclic) bond motifs is 1. The zero-order chi connectivity index (χ0) is 22.1. The number of rotatable bonds is 7. The number of halogens is 1. The van der Waals surface area contributed by atoms with Gasteiger partial charge in [0.25, 0.3) is 0 Å². The summed E-state index contributed by atoms with van der Waals surface area (Å²) in [5.74, 6) is -1.19. The van der Waals surface area contributed by atoms with Gasteiger partial charge in [0.15, 0.2) is 6.10 Å². The molecule has 9 heteroatoms. The Balaban J connectivity index is 1.70. The number of benzene rings is 2. The Hall–Kier alpha value is -2.68. The van der Waals surface area contributed by atoms with Gasteiger partial charge in [-0.05, 0) is 44.2 Å². The van der Waals surface area contributed by atoms with Gasteiger partial charge in [-0.1, -0.05) is 29.8 Å². The topological polar surface area (TPSA) is 96.5 Å². The van der Waals surface area contributed by atoms with Gasteiger partial charge in [0.2, 0.25) is 15.8 Å². The van der Waals surface area contributed by atoms with Crippen LogP contribution < -0.4 is 0 Å². The van der Waals surface area contributed by atoms with Gasteiger partial charge in [0.05, 0.1) is 4.90 Å². The molecular formula is C21H21ClN2O5S. The van der Waals surface area contributed by atoms with Gasteiger partial charge < -0.3 is 9.72 Å². The third-order valence-electron chi connectivity index (χ3n) is 4.69. The van der Waals surface area contributed by atoms with Crippen LogP contribution in [0.25, 0.3) is 10.9 Å². The van der Waals surface area contributed by atoms with Crippen LogP contribution in [0.4, 0.5) is 0 Å². The molecular weight excluding hydrogens is 428 g/mol. The number of carbonyl (C=O) groups is 2. The predicted molar refractivity (Wildman–Crippen MR) is 114 cm³/mol. The summed E-state index contributed by atoms with van der Waals surface area (Å²) in [5.41, 5.74) is 1.94. The highest BCUT2D eigenvalue weighted by Gasteiger charge is 2.27. The minimum absolute atomic E-state index is 0.000687. The number of sulfonamides is 1. The molecule has 0 aliphatic rings. The van der Waals surface area contributed by atoms with E-state index in [0.29, 0.717) is 16.3 Å². The van der Waals surface area contributed by atoms with Crippen LogP contribution in [0.5, 0.6) is 0 Å². The number of nitrogens with one attached hydrogen (secondary N) is 1. The summed E-state index contributed by atoms with van der Waals surface area (Å²) in [6.45, 7) is 2.71. The zero-order valence-corrected chi connectivity index (χ0v) is 18.3. The molecule has 0 bridgehead atoms. The Bertz CT molecular complexity index is 1200. The molecule has 0 amide bonds. The van der Waals surface area contributed by atoms with Crippen LogP contribution in [0, 0.1) is 6.92 Å². The standard InChI is InChI=1S/C21H21ClN2O5S/c1-13-20(17-6-4-5-7-18(17)23-13)21(26)14(2)29-19(25)12-24(3)30(27,28)16-10-8-15(22)9-11-16/h4-11,14,23H,12H2,1-3H3. The van der Waals surface area contributed by atoms with E-state index in [-0.39, 0.29) is 10.7 Å². The monoisotopic (exact) mass is 448 g/mol. The van der Waals surface area contributed by atoms with E-state index in [1.807, 2.05) is 24.3 Å². The highest BCUT2D eigenvalue weighted by molar-refractivity contribution is 7.89. The lowest BCUT2D eigenvalue weighted by molar-refractivity contribution is -0.146. The lowest BCUT2D eigenvalue weighted by Gasteiger charge is -2.18. The summed E-state index contributed by atoms with van der Waals surface area (Å²) >= 11 is 5.79. The smallest absolute Gasteiger partial charge is 0.322 e. The minimum Gasteiger partial charge on any atom is -0.453 e. The predicted octanol–water partition coefficient (Wildman–Crippen LogP) is 3.56. The maximum Gasteiger partial charge on any atom is 0.322 e. The molecule has 3 rings (SSSR count). The van der Waals surface area contributed by atoms with Gasteiger partial charge in [0.1, 0.15) is 6.54 Å². The van der Waals surface area contributed by atoms with E-state index in [0.717, 1.165) is 15.2 Å². The fraction of sp³-hybridized carbons (Fsp3) is 0.238. The second-order valence-electron chi connectivity index (χ2n) is 6.88. The van der Waals surface area contributed by atoms with Crippen molar-refractivity contribution in [2.75, 3.05) is 13.6 Å². The number of esters is 1. The highest BCUT2D eigenvalue weighted by atomic mass is 35.5. The Labute approximate surface area is 179 Å². The van der Waals surface area contributed by atoms with E-state index >= 15 is 0 Å². The minimum atomic E-state index is -3.90. The fourth-order valence-corrected chi connectivity index (χ4v) is 4.38. The molecule has 0 saturated heterocycles. The number of carbonyl (C=O) groups excluding carboxylic acids is 2. The van der Waals surface area contributed by atoms with E-state index in [1.54, 1.807) is 6.92 Å². The molecule has 1 aromatic heterocycles. The van der Waals surface area contributed by atoms with Crippen LogP contribution in [0.2, 0.25) is 5.02 Å². The van der Waals surface area contributed by atoms with Crippen LogP contribution in [0.3, 0.4) is 0 Å². The number of para-hydroxylation sites is 1. The average molecular weight is 449 g/mol. The van der Waals surface area contributed by atoms with Gasteiger partial charge >= 0.3 is 5.97 Å². The molecule has 1 heterocycles. The summed E-state index contributed by atoms with van der Waals surface area (Å²) in [5, 5.41) is 1.14. The summed E-state index contributed by atoms with van der Waals surface area (Å²) in [4.78, 5) is 28.3. The maximum atomic E-state index is 12.9. The van der Waals surface area contributed by atoms with Crippen LogP contribution in [0.15, 0.2) is 53.4 Å². The number of aromatic nitrogens is 1. The van der Waals surface area contributed by atoms with Gasteiger partial charge in [0, 0.05) is 34.2 Å². The molecule has 2 aromatic carbocycles. The quantitative estimate of drug-likeness (QED) is 0.440. The van der Waals surface area contributed by atoms with E-state index in [2.05, 4.69) is 4.98 Å². The summed E-state index contributed by atoms with van der Waals surface area (Å²) < 4.78 is 31.3. The first-order chi connectivity index (χ1) is 14.1. The number of aryl methyl sites for hydroxylation is 1. The molecule has 0 spiro atoms. The molecule has 0 aliphatic heterocycles. The van der Waals surface area contributed by atoms with Crippen LogP contribution in [-0.2, 0) is 19.6 Å². The van der Waals surface area contributed by atoms with Crippen LogP contribution >= 0.6 is 11.6 Å². The Morgan fingerprint density at radius 1 is 1.13 bits per heavy atom. The first kappa shape index (κ1) is 22.0. The van der Waals surface area contributed by atoms with Crippen molar-refractivity contribution in [1.82, 2.24) is 9.29 Å². The van der Waals surface area contributed by atoms with E-state index in [9.17, 15) is 18.0 Å². The van der Waals surface area contributed by atoms with Gasteiger partial charge in [-0.2, -0.15) is 4.31 Å². The van der Waals surface area contributed by atoms with Crippen molar-refractivity contribution in [3.05, 3.63) is 64.8 Å². The lowest BCUT2D eigenvalue weighted by atomic mass is 10.0. The van der Waals surface area contributed by atoms with Crippen molar-refractivity contribution >= 4 is 44.3 Å². The largest absolute Gasteiger partial charge is 0.453 e. The van der Waals surface area contributed by atoms with Gasteiger partial charge in [-0.3, -0.25) is 9.59 Å². The van der Waals surface area contributed by atoms with E-state index in [1.165, 1.54) is 38.2 Å². The second kappa shape index (κ2) is 8.59. The number of hydrogen-bond acceptors (Lipinski definition) is 5. The van der Waals surface area contributed by atoms with Crippen molar-refractivity contribution in [2.45, 2.75) is 24.8 Å². The molecule has 30 heavy (non-hydrogen) atoms. The number of ketones is 1.